The van der Waals surface area contributed by atoms with Crippen molar-refractivity contribution in [3.05, 3.63) is 69.7 Å². The highest BCUT2D eigenvalue weighted by molar-refractivity contribution is 6.30. The van der Waals surface area contributed by atoms with Crippen molar-refractivity contribution in [2.24, 2.45) is 5.92 Å². The molecule has 0 saturated carbocycles. The van der Waals surface area contributed by atoms with Gasteiger partial charge in [-0.05, 0) is 135 Å². The molecule has 4 fully saturated rings. The molecule has 0 aromatic heterocycles. The summed E-state index contributed by atoms with van der Waals surface area (Å²) in [5.74, 6) is -1.20. The van der Waals surface area contributed by atoms with Gasteiger partial charge in [0, 0.05) is 67.3 Å². The van der Waals surface area contributed by atoms with Gasteiger partial charge in [-0.3, -0.25) is 24.3 Å². The number of piperidine rings is 1. The van der Waals surface area contributed by atoms with Gasteiger partial charge in [0.05, 0.1) is 19.1 Å². The first kappa shape index (κ1) is 45.7. The third-order valence-electron chi connectivity index (χ3n) is 11.4. The Morgan fingerprint density at radius 3 is 1.86 bits per heavy atom. The van der Waals surface area contributed by atoms with Crippen LogP contribution in [0.15, 0.2) is 48.5 Å². The minimum atomic E-state index is -0.629. The summed E-state index contributed by atoms with van der Waals surface area (Å²) in [6, 6.07) is 16.7. The van der Waals surface area contributed by atoms with E-state index < -0.39 is 35.2 Å². The van der Waals surface area contributed by atoms with Crippen molar-refractivity contribution >= 4 is 47.1 Å². The third kappa shape index (κ3) is 13.3. The summed E-state index contributed by atoms with van der Waals surface area (Å²) >= 11 is 12.0. The maximum Gasteiger partial charge on any atom is 0.410 e. The number of benzene rings is 2. The van der Waals surface area contributed by atoms with Crippen LogP contribution in [0.25, 0.3) is 0 Å². The number of rotatable bonds is 9. The zero-order chi connectivity index (χ0) is 42.2. The molecule has 4 atom stereocenters. The van der Waals surface area contributed by atoms with Crippen LogP contribution < -0.4 is 0 Å². The Balaban J connectivity index is 0.000000222. The number of nitrogens with zero attached hydrogens (tertiary/aromatic N) is 4. The molecule has 6 rings (SSSR count). The number of carbonyl (C=O) groups is 4. The molecule has 0 spiro atoms. The van der Waals surface area contributed by atoms with Crippen LogP contribution >= 0.6 is 23.2 Å². The number of likely N-dealkylation sites (tertiary alicyclic amines) is 2. The van der Waals surface area contributed by atoms with Gasteiger partial charge >= 0.3 is 18.2 Å². The zero-order valence-corrected chi connectivity index (χ0v) is 37.0. The number of hydrogen-bond donors (Lipinski definition) is 0. The highest BCUT2D eigenvalue weighted by Crippen LogP contribution is 2.31. The number of hydrogen-bond acceptors (Lipinski definition) is 9. The van der Waals surface area contributed by atoms with Crippen molar-refractivity contribution in [3.8, 4) is 0 Å². The molecule has 2 aromatic carbocycles. The Kier molecular flexibility index (Phi) is 16.0. The molecular formula is C45H64Cl2N4O7. The van der Waals surface area contributed by atoms with Gasteiger partial charge in [-0.2, -0.15) is 0 Å². The van der Waals surface area contributed by atoms with Gasteiger partial charge in [0.2, 0.25) is 0 Å². The number of ketones is 1. The summed E-state index contributed by atoms with van der Waals surface area (Å²) in [6.45, 7) is 16.8. The predicted molar refractivity (Wildman–Crippen MR) is 227 cm³/mol. The highest BCUT2D eigenvalue weighted by Gasteiger charge is 2.41. The molecule has 11 nitrogen and oxygen atoms in total. The second-order valence-electron chi connectivity index (χ2n) is 18.2. The fourth-order valence-electron chi connectivity index (χ4n) is 8.67. The van der Waals surface area contributed by atoms with Gasteiger partial charge in [-0.25, -0.2) is 9.59 Å². The molecule has 4 aliphatic heterocycles. The molecule has 0 bridgehead atoms. The quantitative estimate of drug-likeness (QED) is 0.182. The van der Waals surface area contributed by atoms with E-state index in [0.717, 1.165) is 62.4 Å². The first-order chi connectivity index (χ1) is 27.4. The van der Waals surface area contributed by atoms with E-state index in [0.29, 0.717) is 42.5 Å². The Hall–Kier alpha value is -3.38. The van der Waals surface area contributed by atoms with Crippen molar-refractivity contribution in [1.82, 2.24) is 19.6 Å². The Morgan fingerprint density at radius 2 is 1.28 bits per heavy atom. The molecule has 0 aliphatic carbocycles. The number of fused-ring (bicyclic) bond motifs is 1. The van der Waals surface area contributed by atoms with Crippen LogP contribution in [0.1, 0.15) is 97.6 Å². The van der Waals surface area contributed by atoms with Crippen molar-refractivity contribution in [1.29, 1.82) is 0 Å². The maximum atomic E-state index is 12.9. The lowest BCUT2D eigenvalue weighted by Gasteiger charge is -2.49. The van der Waals surface area contributed by atoms with E-state index >= 15 is 0 Å². The lowest BCUT2D eigenvalue weighted by Crippen LogP contribution is -2.61. The average Bonchev–Trinajstić information content (AvgIpc) is 3.85. The zero-order valence-electron chi connectivity index (χ0n) is 35.5. The van der Waals surface area contributed by atoms with Crippen LogP contribution in [0.3, 0.4) is 0 Å². The molecule has 4 aliphatic rings. The summed E-state index contributed by atoms with van der Waals surface area (Å²) in [6.07, 6.45) is 6.80. The van der Waals surface area contributed by atoms with Crippen molar-refractivity contribution in [2.75, 3.05) is 46.4 Å². The van der Waals surface area contributed by atoms with Crippen LogP contribution in [0, 0.1) is 5.92 Å². The fourth-order valence-corrected chi connectivity index (χ4v) is 8.92. The van der Waals surface area contributed by atoms with E-state index in [2.05, 4.69) is 21.9 Å². The van der Waals surface area contributed by atoms with Gasteiger partial charge in [0.25, 0.3) is 0 Å². The molecule has 2 amide bonds. The minimum absolute atomic E-state index is 0.0132. The smallest absolute Gasteiger partial charge is 0.410 e. The largest absolute Gasteiger partial charge is 0.469 e. The van der Waals surface area contributed by atoms with Crippen LogP contribution in [-0.2, 0) is 36.6 Å². The number of piperazine rings is 1. The molecule has 0 N–H and O–H groups in total. The van der Waals surface area contributed by atoms with Crippen molar-refractivity contribution < 1.29 is 33.4 Å². The van der Waals surface area contributed by atoms with E-state index in [1.165, 1.54) is 37.0 Å². The summed E-state index contributed by atoms with van der Waals surface area (Å²) in [5.41, 5.74) is 1.19. The topological polar surface area (TPSA) is 109 Å². The Labute approximate surface area is 355 Å². The fraction of sp³-hybridized carbons (Fsp3) is 0.644. The van der Waals surface area contributed by atoms with Crippen LogP contribution in [0.4, 0.5) is 9.59 Å². The highest BCUT2D eigenvalue weighted by atomic mass is 35.5. The molecule has 4 saturated heterocycles. The van der Waals surface area contributed by atoms with E-state index in [1.54, 1.807) is 32.9 Å². The van der Waals surface area contributed by atoms with Crippen LogP contribution in [0.2, 0.25) is 10.0 Å². The Morgan fingerprint density at radius 1 is 0.707 bits per heavy atom. The monoisotopic (exact) mass is 842 g/mol. The standard InChI is InChI=1S/C24H36ClN3O2.C21H28ClNO5/c1-24(2,3)30-23(29)26-13-10-20(11-14-26)28-17-21-5-4-12-27(21)16-22(28)15-18-6-8-19(25)9-7-18;1-21(2,3)28-20(26)23-11-5-6-17(23)18(24)13-15(19(25)27-4)12-14-7-9-16(22)10-8-14/h6-9,20-22H,4-5,10-17H2,1-3H3;7-10,15,17H,5-6,11-13H2,1-4H3/t21-,22?;/m0./s1. The minimum Gasteiger partial charge on any atom is -0.469 e. The molecule has 13 heteroatoms. The van der Waals surface area contributed by atoms with Crippen molar-refractivity contribution in [3.63, 3.8) is 0 Å². The number of esters is 1. The van der Waals surface area contributed by atoms with Gasteiger partial charge in [0.15, 0.2) is 5.78 Å². The van der Waals surface area contributed by atoms with Gasteiger partial charge in [-0.15, -0.1) is 0 Å². The third-order valence-corrected chi connectivity index (χ3v) is 11.9. The lowest BCUT2D eigenvalue weighted by atomic mass is 9.91. The molecule has 0 radical (unpaired) electrons. The molecule has 2 aromatic rings. The lowest BCUT2D eigenvalue weighted by molar-refractivity contribution is -0.147. The number of Topliss-reactive ketones (excluding diaryl/α,β-unsaturated/α-hetero) is 1. The summed E-state index contributed by atoms with van der Waals surface area (Å²) < 4.78 is 15.9. The first-order valence-electron chi connectivity index (χ1n) is 21.0. The molecule has 3 unspecified atom stereocenters. The second-order valence-corrected chi connectivity index (χ2v) is 19.1. The SMILES string of the molecule is CC(C)(C)OC(=O)N1CCC(N2C[C@@H]3CCCN3CC2Cc2ccc(Cl)cc2)CC1.COC(=O)C(CC(=O)C1CCCN1C(=O)OC(C)(C)C)Cc1ccc(Cl)cc1. The van der Waals surface area contributed by atoms with Crippen LogP contribution in [-0.4, -0.2) is 125 Å². The molecule has 320 valence electrons. The Bertz CT molecular complexity index is 1690. The summed E-state index contributed by atoms with van der Waals surface area (Å²) in [4.78, 5) is 58.9. The molecule has 58 heavy (non-hydrogen) atoms. The van der Waals surface area contributed by atoms with Gasteiger partial charge in [-0.1, -0.05) is 47.5 Å². The predicted octanol–water partition coefficient (Wildman–Crippen LogP) is 8.46. The number of halogens is 2. The number of carbonyl (C=O) groups excluding carboxylic acids is 4. The summed E-state index contributed by atoms with van der Waals surface area (Å²) in [7, 11) is 1.31. The normalized spacial score (nSPS) is 22.4. The number of amides is 2. The maximum absolute atomic E-state index is 12.9. The molecular weight excluding hydrogens is 779 g/mol. The number of ether oxygens (including phenoxy) is 3. The second kappa shape index (κ2) is 20.3. The first-order valence-corrected chi connectivity index (χ1v) is 21.7. The van der Waals surface area contributed by atoms with Crippen LogP contribution in [0.5, 0.6) is 0 Å². The van der Waals surface area contributed by atoms with Gasteiger partial charge in [0.1, 0.15) is 11.2 Å². The van der Waals surface area contributed by atoms with Gasteiger partial charge < -0.3 is 19.1 Å². The molecule has 4 heterocycles. The van der Waals surface area contributed by atoms with E-state index in [-0.39, 0.29) is 18.3 Å². The van der Waals surface area contributed by atoms with E-state index in [1.807, 2.05) is 49.9 Å². The van der Waals surface area contributed by atoms with Crippen molar-refractivity contribution in [2.45, 2.75) is 135 Å². The number of methoxy groups -OCH3 is 1. The average molecular weight is 844 g/mol. The van der Waals surface area contributed by atoms with E-state index in [4.69, 9.17) is 37.4 Å². The van der Waals surface area contributed by atoms with E-state index in [9.17, 15) is 19.2 Å². The summed E-state index contributed by atoms with van der Waals surface area (Å²) in [5, 5.41) is 1.40.